The number of hydrogen-bond acceptors (Lipinski definition) is 6. The molecule has 1 unspecified atom stereocenters. The Bertz CT molecular complexity index is 1410. The summed E-state index contributed by atoms with van der Waals surface area (Å²) in [5.41, 5.74) is 2.40. The fraction of sp³-hybridized carbons (Fsp3) is 0.103. The van der Waals surface area contributed by atoms with Gasteiger partial charge >= 0.3 is 0 Å². The number of carbonyl (C=O) groups excluding carboxylic acids is 2. The zero-order chi connectivity index (χ0) is 26.9. The number of nitro benzene ring substituents is 1. The van der Waals surface area contributed by atoms with Gasteiger partial charge in [-0.15, -0.1) is 11.8 Å². The number of benzene rings is 4. The molecule has 4 aromatic rings. The molecule has 1 atom stereocenters. The van der Waals surface area contributed by atoms with Crippen molar-refractivity contribution in [2.45, 2.75) is 17.1 Å². The van der Waals surface area contributed by atoms with Crippen LogP contribution in [0.5, 0.6) is 5.75 Å². The van der Waals surface area contributed by atoms with Crippen LogP contribution in [-0.4, -0.2) is 23.3 Å². The van der Waals surface area contributed by atoms with Crippen LogP contribution in [-0.2, 0) is 9.59 Å². The number of ether oxygens (including phenoxy) is 1. The largest absolute Gasteiger partial charge is 0.484 e. The first-order valence-electron chi connectivity index (χ1n) is 11.7. The standard InChI is InChI=1S/C29H25N3O5S/c1-20-12-15-23(32(35)36)18-26(20)31-29(34)28(21-8-4-2-5-9-21)38-25-16-13-22(14-17-25)30-27(33)19-37-24-10-6-3-7-11-24/h2-18,28H,19H2,1H3,(H,30,33)(H,31,34). The normalized spacial score (nSPS) is 11.3. The van der Waals surface area contributed by atoms with E-state index in [1.807, 2.05) is 60.7 Å². The van der Waals surface area contributed by atoms with Crippen molar-refractivity contribution in [3.8, 4) is 5.75 Å². The van der Waals surface area contributed by atoms with Crippen molar-refractivity contribution in [3.05, 3.63) is 124 Å². The molecule has 0 saturated carbocycles. The van der Waals surface area contributed by atoms with E-state index in [1.54, 1.807) is 37.3 Å². The van der Waals surface area contributed by atoms with Crippen molar-refractivity contribution < 1.29 is 19.2 Å². The number of nitrogens with zero attached hydrogens (tertiary/aromatic N) is 1. The van der Waals surface area contributed by atoms with Gasteiger partial charge in [0.05, 0.1) is 10.6 Å². The quantitative estimate of drug-likeness (QED) is 0.140. The number of aryl methyl sites for hydroxylation is 1. The molecule has 4 rings (SSSR count). The van der Waals surface area contributed by atoms with Crippen LogP contribution in [0.1, 0.15) is 16.4 Å². The first kappa shape index (κ1) is 26.4. The summed E-state index contributed by atoms with van der Waals surface area (Å²) in [6, 6.07) is 29.9. The minimum atomic E-state index is -0.616. The third kappa shape index (κ3) is 7.21. The molecular weight excluding hydrogens is 502 g/mol. The van der Waals surface area contributed by atoms with Crippen molar-refractivity contribution in [2.75, 3.05) is 17.2 Å². The minimum absolute atomic E-state index is 0.0957. The summed E-state index contributed by atoms with van der Waals surface area (Å²) in [6.45, 7) is 1.66. The number of anilines is 2. The van der Waals surface area contributed by atoms with Crippen LogP contribution in [0.15, 0.2) is 108 Å². The van der Waals surface area contributed by atoms with E-state index >= 15 is 0 Å². The highest BCUT2D eigenvalue weighted by atomic mass is 32.2. The summed E-state index contributed by atoms with van der Waals surface area (Å²) < 4.78 is 5.47. The van der Waals surface area contributed by atoms with Crippen molar-refractivity contribution in [1.82, 2.24) is 0 Å². The van der Waals surface area contributed by atoms with Crippen LogP contribution < -0.4 is 15.4 Å². The predicted molar refractivity (Wildman–Crippen MR) is 149 cm³/mol. The Balaban J connectivity index is 1.44. The van der Waals surface area contributed by atoms with E-state index in [4.69, 9.17) is 4.74 Å². The molecule has 192 valence electrons. The number of nitro groups is 1. The molecule has 9 heteroatoms. The Morgan fingerprint density at radius 1 is 0.895 bits per heavy atom. The maximum Gasteiger partial charge on any atom is 0.271 e. The summed E-state index contributed by atoms with van der Waals surface area (Å²) in [5.74, 6) is 0.0169. The first-order chi connectivity index (χ1) is 18.4. The van der Waals surface area contributed by atoms with Crippen LogP contribution >= 0.6 is 11.8 Å². The second kappa shape index (κ2) is 12.6. The average Bonchev–Trinajstić information content (AvgIpc) is 2.93. The maximum atomic E-state index is 13.4. The van der Waals surface area contributed by atoms with E-state index < -0.39 is 10.2 Å². The molecule has 4 aromatic carbocycles. The van der Waals surface area contributed by atoms with E-state index in [0.29, 0.717) is 17.1 Å². The number of carbonyl (C=O) groups is 2. The maximum absolute atomic E-state index is 13.4. The molecule has 38 heavy (non-hydrogen) atoms. The lowest BCUT2D eigenvalue weighted by atomic mass is 10.1. The lowest BCUT2D eigenvalue weighted by Gasteiger charge is -2.18. The SMILES string of the molecule is Cc1ccc([N+](=O)[O-])cc1NC(=O)C(Sc1ccc(NC(=O)COc2ccccc2)cc1)c1ccccc1. The monoisotopic (exact) mass is 527 g/mol. The zero-order valence-electron chi connectivity index (χ0n) is 20.5. The van der Waals surface area contributed by atoms with Gasteiger partial charge in [-0.05, 0) is 54.4 Å². The molecule has 8 nitrogen and oxygen atoms in total. The molecule has 2 amide bonds. The summed E-state index contributed by atoms with van der Waals surface area (Å²) in [7, 11) is 0. The van der Waals surface area contributed by atoms with Gasteiger partial charge in [0, 0.05) is 22.7 Å². The van der Waals surface area contributed by atoms with Crippen LogP contribution in [0.4, 0.5) is 17.1 Å². The number of non-ortho nitro benzene ring substituents is 1. The Morgan fingerprint density at radius 2 is 1.55 bits per heavy atom. The topological polar surface area (TPSA) is 111 Å². The third-order valence-corrected chi connectivity index (χ3v) is 6.80. The highest BCUT2D eigenvalue weighted by molar-refractivity contribution is 8.00. The summed E-state index contributed by atoms with van der Waals surface area (Å²) in [4.78, 5) is 37.1. The van der Waals surface area contributed by atoms with Gasteiger partial charge in [0.15, 0.2) is 6.61 Å². The second-order valence-electron chi connectivity index (χ2n) is 8.33. The first-order valence-corrected chi connectivity index (χ1v) is 12.6. The molecule has 0 fully saturated rings. The van der Waals surface area contributed by atoms with Crippen molar-refractivity contribution in [3.63, 3.8) is 0 Å². The minimum Gasteiger partial charge on any atom is -0.484 e. The predicted octanol–water partition coefficient (Wildman–Crippen LogP) is 6.39. The van der Waals surface area contributed by atoms with Gasteiger partial charge in [-0.2, -0.15) is 0 Å². The summed E-state index contributed by atoms with van der Waals surface area (Å²) >= 11 is 1.34. The molecule has 0 bridgehead atoms. The third-order valence-electron chi connectivity index (χ3n) is 5.54. The lowest BCUT2D eigenvalue weighted by molar-refractivity contribution is -0.384. The second-order valence-corrected chi connectivity index (χ2v) is 9.51. The van der Waals surface area contributed by atoms with Crippen LogP contribution in [0, 0.1) is 17.0 Å². The molecule has 0 radical (unpaired) electrons. The number of amides is 2. The van der Waals surface area contributed by atoms with Crippen LogP contribution in [0.25, 0.3) is 0 Å². The van der Waals surface area contributed by atoms with Gasteiger partial charge in [-0.25, -0.2) is 0 Å². The number of nitrogens with one attached hydrogen (secondary N) is 2. The molecule has 0 aliphatic heterocycles. The highest BCUT2D eigenvalue weighted by Crippen LogP contribution is 2.37. The highest BCUT2D eigenvalue weighted by Gasteiger charge is 2.23. The lowest BCUT2D eigenvalue weighted by Crippen LogP contribution is -2.20. The fourth-order valence-corrected chi connectivity index (χ4v) is 4.60. The Labute approximate surface area is 224 Å². The molecule has 0 aliphatic rings. The van der Waals surface area contributed by atoms with Crippen molar-refractivity contribution in [1.29, 1.82) is 0 Å². The van der Waals surface area contributed by atoms with Gasteiger partial charge in [-0.1, -0.05) is 54.6 Å². The van der Waals surface area contributed by atoms with Gasteiger partial charge in [0.1, 0.15) is 11.0 Å². The molecule has 0 aliphatic carbocycles. The van der Waals surface area contributed by atoms with Gasteiger partial charge < -0.3 is 15.4 Å². The number of rotatable bonds is 10. The van der Waals surface area contributed by atoms with E-state index in [-0.39, 0.29) is 24.1 Å². The number of para-hydroxylation sites is 1. The van der Waals surface area contributed by atoms with Gasteiger partial charge in [-0.3, -0.25) is 19.7 Å². The molecule has 0 spiro atoms. The smallest absolute Gasteiger partial charge is 0.271 e. The Kier molecular flexibility index (Phi) is 8.73. The zero-order valence-corrected chi connectivity index (χ0v) is 21.3. The fourth-order valence-electron chi connectivity index (χ4n) is 3.57. The van der Waals surface area contributed by atoms with E-state index in [0.717, 1.165) is 16.0 Å². The molecule has 0 aromatic heterocycles. The molecule has 0 saturated heterocycles. The summed E-state index contributed by atoms with van der Waals surface area (Å²) in [6.07, 6.45) is 0. The average molecular weight is 528 g/mol. The van der Waals surface area contributed by atoms with Crippen molar-refractivity contribution >= 4 is 40.6 Å². The Morgan fingerprint density at radius 3 is 2.21 bits per heavy atom. The van der Waals surface area contributed by atoms with Crippen LogP contribution in [0.2, 0.25) is 0 Å². The van der Waals surface area contributed by atoms with Gasteiger partial charge in [0.25, 0.3) is 11.6 Å². The Hall–Kier alpha value is -4.63. The number of thioether (sulfide) groups is 1. The summed E-state index contributed by atoms with van der Waals surface area (Å²) in [5, 5.41) is 16.2. The van der Waals surface area contributed by atoms with E-state index in [2.05, 4.69) is 10.6 Å². The molecule has 0 heterocycles. The van der Waals surface area contributed by atoms with E-state index in [9.17, 15) is 19.7 Å². The van der Waals surface area contributed by atoms with Crippen molar-refractivity contribution in [2.24, 2.45) is 0 Å². The number of hydrogen-bond donors (Lipinski definition) is 2. The molecule has 2 N–H and O–H groups in total. The van der Waals surface area contributed by atoms with Crippen LogP contribution in [0.3, 0.4) is 0 Å². The van der Waals surface area contributed by atoms with E-state index in [1.165, 1.54) is 23.9 Å². The van der Waals surface area contributed by atoms with Gasteiger partial charge in [0.2, 0.25) is 5.91 Å². The molecular formula is C29H25N3O5S.